The number of Topliss-reactive ketones (excluding diaryl/α,β-unsaturated/α-hetero) is 1. The van der Waals surface area contributed by atoms with Crippen LogP contribution >= 0.6 is 11.3 Å². The number of hydrogen-bond donors (Lipinski definition) is 1. The lowest BCUT2D eigenvalue weighted by atomic mass is 10.1. The largest absolute Gasteiger partial charge is 0.368 e. The van der Waals surface area contributed by atoms with E-state index in [1.54, 1.807) is 6.92 Å². The summed E-state index contributed by atoms with van der Waals surface area (Å²) in [6.07, 6.45) is 0.298. The highest BCUT2D eigenvalue weighted by Crippen LogP contribution is 2.21. The summed E-state index contributed by atoms with van der Waals surface area (Å²) in [6, 6.07) is 13.4. The van der Waals surface area contributed by atoms with Gasteiger partial charge >= 0.3 is 0 Å². The first-order chi connectivity index (χ1) is 15.0. The number of ketones is 1. The Morgan fingerprint density at radius 3 is 2.45 bits per heavy atom. The van der Waals surface area contributed by atoms with E-state index in [1.165, 1.54) is 11.3 Å². The molecule has 1 N–H and O–H groups in total. The number of rotatable bonds is 6. The summed E-state index contributed by atoms with van der Waals surface area (Å²) >= 11 is 1.47. The molecule has 1 aliphatic rings. The van der Waals surface area contributed by atoms with Gasteiger partial charge in [-0.25, -0.2) is 9.97 Å². The second-order valence-corrected chi connectivity index (χ2v) is 8.44. The third-order valence-corrected chi connectivity index (χ3v) is 6.09. The van der Waals surface area contributed by atoms with Crippen molar-refractivity contribution in [3.63, 3.8) is 0 Å². The summed E-state index contributed by atoms with van der Waals surface area (Å²) in [4.78, 5) is 37.3. The van der Waals surface area contributed by atoms with Crippen molar-refractivity contribution in [2.45, 2.75) is 20.3 Å². The molecule has 3 aromatic rings. The van der Waals surface area contributed by atoms with Crippen LogP contribution in [0.3, 0.4) is 0 Å². The van der Waals surface area contributed by atoms with Crippen molar-refractivity contribution >= 4 is 39.7 Å². The maximum Gasteiger partial charge on any atom is 0.228 e. The van der Waals surface area contributed by atoms with Gasteiger partial charge in [-0.15, -0.1) is 11.3 Å². The highest BCUT2D eigenvalue weighted by atomic mass is 32.1. The number of anilines is 3. The van der Waals surface area contributed by atoms with E-state index in [2.05, 4.69) is 20.2 Å². The monoisotopic (exact) mass is 435 g/mol. The van der Waals surface area contributed by atoms with Gasteiger partial charge < -0.3 is 15.1 Å². The average molecular weight is 436 g/mol. The Morgan fingerprint density at radius 2 is 1.77 bits per heavy atom. The number of aromatic nitrogens is 2. The van der Waals surface area contributed by atoms with Gasteiger partial charge in [-0.2, -0.15) is 0 Å². The van der Waals surface area contributed by atoms with Crippen LogP contribution in [0.5, 0.6) is 0 Å². The molecule has 0 atom stereocenters. The molecule has 0 unspecified atom stereocenters. The van der Waals surface area contributed by atoms with Crippen molar-refractivity contribution in [1.82, 2.24) is 14.9 Å². The van der Waals surface area contributed by atoms with E-state index in [1.807, 2.05) is 59.7 Å². The number of nitrogens with one attached hydrogen (secondary N) is 1. The lowest BCUT2D eigenvalue weighted by molar-refractivity contribution is -0.130. The summed E-state index contributed by atoms with van der Waals surface area (Å²) in [5, 5.41) is 5.85. The summed E-state index contributed by atoms with van der Waals surface area (Å²) in [6.45, 7) is 6.41. The zero-order valence-corrected chi connectivity index (χ0v) is 18.5. The van der Waals surface area contributed by atoms with Crippen molar-refractivity contribution < 1.29 is 9.59 Å². The summed E-state index contributed by atoms with van der Waals surface area (Å²) in [5.74, 6) is 0.911. The summed E-state index contributed by atoms with van der Waals surface area (Å²) < 4.78 is 0. The van der Waals surface area contributed by atoms with Gasteiger partial charge in [0, 0.05) is 48.5 Å². The second kappa shape index (κ2) is 9.26. The van der Waals surface area contributed by atoms with Crippen LogP contribution in [0.1, 0.15) is 28.7 Å². The number of carbonyl (C=O) groups excluding carboxylic acids is 2. The number of thiazole rings is 1. The zero-order valence-electron chi connectivity index (χ0n) is 17.7. The summed E-state index contributed by atoms with van der Waals surface area (Å²) in [7, 11) is 0. The molecule has 0 saturated carbocycles. The number of pyridine rings is 1. The standard InChI is InChI=1S/C23H25N5O2S/c1-16-4-3-5-21(24-16)26-23-25-19(15-31-23)14-22(30)28-12-10-27(11-13-28)20-8-6-18(7-9-20)17(2)29/h3-9,15H,10-14H2,1-2H3,(H,24,25,26). The third kappa shape index (κ3) is 5.27. The highest BCUT2D eigenvalue weighted by molar-refractivity contribution is 7.13. The van der Waals surface area contributed by atoms with E-state index in [4.69, 9.17) is 0 Å². The lowest BCUT2D eigenvalue weighted by Crippen LogP contribution is -2.49. The van der Waals surface area contributed by atoms with E-state index in [0.29, 0.717) is 25.1 Å². The number of carbonyl (C=O) groups is 2. The van der Waals surface area contributed by atoms with E-state index in [0.717, 1.165) is 41.1 Å². The molecule has 1 fully saturated rings. The Kier molecular flexibility index (Phi) is 6.27. The molecule has 3 heterocycles. The van der Waals surface area contributed by atoms with Crippen LogP contribution < -0.4 is 10.2 Å². The molecule has 8 heteroatoms. The van der Waals surface area contributed by atoms with Crippen LogP contribution in [0.4, 0.5) is 16.6 Å². The van der Waals surface area contributed by atoms with E-state index in [-0.39, 0.29) is 11.7 Å². The Morgan fingerprint density at radius 1 is 1.03 bits per heavy atom. The van der Waals surface area contributed by atoms with Crippen LogP contribution in [0.15, 0.2) is 47.8 Å². The van der Waals surface area contributed by atoms with Crippen molar-refractivity contribution in [2.75, 3.05) is 36.4 Å². The molecule has 0 radical (unpaired) electrons. The van der Waals surface area contributed by atoms with Gasteiger partial charge in [-0.3, -0.25) is 9.59 Å². The van der Waals surface area contributed by atoms with Crippen molar-refractivity contribution in [2.24, 2.45) is 0 Å². The average Bonchev–Trinajstić information content (AvgIpc) is 3.20. The normalized spacial score (nSPS) is 13.9. The molecule has 7 nitrogen and oxygen atoms in total. The van der Waals surface area contributed by atoms with Gasteiger partial charge in [0.15, 0.2) is 10.9 Å². The number of aryl methyl sites for hydroxylation is 1. The number of nitrogens with zero attached hydrogens (tertiary/aromatic N) is 4. The van der Waals surface area contributed by atoms with Gasteiger partial charge in [0.05, 0.1) is 12.1 Å². The minimum absolute atomic E-state index is 0.0671. The van der Waals surface area contributed by atoms with Gasteiger partial charge in [0.25, 0.3) is 0 Å². The highest BCUT2D eigenvalue weighted by Gasteiger charge is 2.22. The Labute approximate surface area is 185 Å². The predicted molar refractivity (Wildman–Crippen MR) is 123 cm³/mol. The minimum atomic E-state index is 0.0671. The molecule has 1 saturated heterocycles. The first-order valence-corrected chi connectivity index (χ1v) is 11.1. The molecule has 31 heavy (non-hydrogen) atoms. The first kappa shape index (κ1) is 21.0. The Hall–Kier alpha value is -3.26. The summed E-state index contributed by atoms with van der Waals surface area (Å²) in [5.41, 5.74) is 3.50. The van der Waals surface area contributed by atoms with Crippen molar-refractivity contribution in [1.29, 1.82) is 0 Å². The maximum absolute atomic E-state index is 12.7. The SMILES string of the molecule is CC(=O)c1ccc(N2CCN(C(=O)Cc3csc(Nc4cccc(C)n4)n3)CC2)cc1. The number of amides is 1. The lowest BCUT2D eigenvalue weighted by Gasteiger charge is -2.36. The Bertz CT molecular complexity index is 1070. The molecule has 160 valence electrons. The molecule has 0 aliphatic carbocycles. The molecule has 1 amide bonds. The molecule has 1 aromatic carbocycles. The maximum atomic E-state index is 12.7. The number of hydrogen-bond acceptors (Lipinski definition) is 7. The number of benzene rings is 1. The molecule has 0 spiro atoms. The molecule has 2 aromatic heterocycles. The van der Waals surface area contributed by atoms with Crippen LogP contribution in [0.25, 0.3) is 0 Å². The second-order valence-electron chi connectivity index (χ2n) is 7.58. The van der Waals surface area contributed by atoms with Gasteiger partial charge in [0.1, 0.15) is 5.82 Å². The van der Waals surface area contributed by atoms with Crippen LogP contribution in [-0.2, 0) is 11.2 Å². The van der Waals surface area contributed by atoms with Crippen LogP contribution in [0.2, 0.25) is 0 Å². The fourth-order valence-corrected chi connectivity index (χ4v) is 4.27. The zero-order chi connectivity index (χ0) is 21.8. The van der Waals surface area contributed by atoms with Gasteiger partial charge in [0.2, 0.25) is 5.91 Å². The van der Waals surface area contributed by atoms with Crippen LogP contribution in [-0.4, -0.2) is 52.7 Å². The molecule has 0 bridgehead atoms. The van der Waals surface area contributed by atoms with Crippen molar-refractivity contribution in [3.05, 3.63) is 64.8 Å². The van der Waals surface area contributed by atoms with E-state index < -0.39 is 0 Å². The van der Waals surface area contributed by atoms with Crippen LogP contribution in [0, 0.1) is 6.92 Å². The van der Waals surface area contributed by atoms with Gasteiger partial charge in [-0.1, -0.05) is 6.07 Å². The Balaban J connectivity index is 1.29. The van der Waals surface area contributed by atoms with Gasteiger partial charge in [-0.05, 0) is 50.2 Å². The quantitative estimate of drug-likeness (QED) is 0.595. The van der Waals surface area contributed by atoms with Crippen molar-refractivity contribution in [3.8, 4) is 0 Å². The first-order valence-electron chi connectivity index (χ1n) is 10.3. The molecule has 4 rings (SSSR count). The van der Waals surface area contributed by atoms with E-state index >= 15 is 0 Å². The smallest absolute Gasteiger partial charge is 0.228 e. The number of piperazine rings is 1. The third-order valence-electron chi connectivity index (χ3n) is 5.28. The molecule has 1 aliphatic heterocycles. The predicted octanol–water partition coefficient (Wildman–Crippen LogP) is 3.68. The minimum Gasteiger partial charge on any atom is -0.368 e. The topological polar surface area (TPSA) is 78.4 Å². The molecular weight excluding hydrogens is 410 g/mol. The fraction of sp³-hybridized carbons (Fsp3) is 0.304. The fourth-order valence-electron chi connectivity index (χ4n) is 3.56. The van der Waals surface area contributed by atoms with E-state index in [9.17, 15) is 9.59 Å². The molecular formula is C23H25N5O2S.